The fourth-order valence-electron chi connectivity index (χ4n) is 4.07. The van der Waals surface area contributed by atoms with Gasteiger partial charge in [-0.2, -0.15) is 0 Å². The van der Waals surface area contributed by atoms with Crippen LogP contribution in [0.1, 0.15) is 33.7 Å². The van der Waals surface area contributed by atoms with Gasteiger partial charge in [0.25, 0.3) is 11.8 Å². The number of fused-ring (bicyclic) bond motifs is 1. The van der Waals surface area contributed by atoms with E-state index in [9.17, 15) is 27.2 Å². The number of nitrogens with one attached hydrogen (secondary N) is 1. The molecule has 0 spiro atoms. The maximum absolute atomic E-state index is 14.5. The Kier molecular flexibility index (Phi) is 6.30. The molecule has 1 aromatic carbocycles. The number of carboxylic acid groups (broad SMARTS) is 1. The molecule has 1 fully saturated rings. The summed E-state index contributed by atoms with van der Waals surface area (Å²) in [6.45, 7) is 1.61. The zero-order valence-electron chi connectivity index (χ0n) is 18.8. The lowest BCUT2D eigenvalue weighted by Crippen LogP contribution is -2.59. The Morgan fingerprint density at radius 1 is 1.26 bits per heavy atom. The number of carbonyl (C=O) groups is 2. The molecule has 0 saturated carbocycles. The van der Waals surface area contributed by atoms with Gasteiger partial charge in [0.1, 0.15) is 23.9 Å². The van der Waals surface area contributed by atoms with Crippen LogP contribution in [0.25, 0.3) is 5.65 Å². The molecule has 1 saturated heterocycles. The Hall–Kier alpha value is -3.83. The highest BCUT2D eigenvalue weighted by molar-refractivity contribution is 5.95. The molecule has 1 aliphatic heterocycles. The fraction of sp³-hybridized carbons (Fsp3) is 0.348. The van der Waals surface area contributed by atoms with E-state index >= 15 is 0 Å². The maximum Gasteiger partial charge on any atom is 0.407 e. The van der Waals surface area contributed by atoms with Gasteiger partial charge in [-0.25, -0.2) is 27.3 Å². The average Bonchev–Trinajstić information content (AvgIpc) is 3.10. The van der Waals surface area contributed by atoms with Gasteiger partial charge in [0.15, 0.2) is 11.4 Å². The lowest BCUT2D eigenvalue weighted by molar-refractivity contribution is -0.0810. The largest absolute Gasteiger partial charge is 0.485 e. The van der Waals surface area contributed by atoms with E-state index in [0.717, 1.165) is 12.1 Å². The van der Waals surface area contributed by atoms with E-state index in [1.807, 2.05) is 0 Å². The Bertz CT molecular complexity index is 1290. The number of piperidine rings is 1. The summed E-state index contributed by atoms with van der Waals surface area (Å²) in [6, 6.07) is 3.45. The van der Waals surface area contributed by atoms with Crippen molar-refractivity contribution < 1.29 is 37.0 Å². The van der Waals surface area contributed by atoms with Crippen LogP contribution in [0.2, 0.25) is 0 Å². The Morgan fingerprint density at radius 2 is 1.94 bits per heavy atom. The quantitative estimate of drug-likeness (QED) is 0.524. The van der Waals surface area contributed by atoms with Crippen molar-refractivity contribution in [3.8, 4) is 5.75 Å². The van der Waals surface area contributed by atoms with Crippen molar-refractivity contribution in [2.45, 2.75) is 38.8 Å². The molecular weight excluding hydrogens is 472 g/mol. The van der Waals surface area contributed by atoms with Gasteiger partial charge in [-0.1, -0.05) is 6.07 Å². The first-order valence-corrected chi connectivity index (χ1v) is 10.7. The molecule has 4 rings (SSSR count). The number of rotatable bonds is 5. The van der Waals surface area contributed by atoms with Crippen molar-refractivity contribution >= 4 is 17.6 Å². The molecule has 1 atom stereocenters. The van der Waals surface area contributed by atoms with E-state index in [1.165, 1.54) is 17.4 Å². The molecule has 2 amide bonds. The summed E-state index contributed by atoms with van der Waals surface area (Å²) in [4.78, 5) is 29.0. The van der Waals surface area contributed by atoms with Gasteiger partial charge >= 0.3 is 6.09 Å². The van der Waals surface area contributed by atoms with E-state index in [4.69, 9.17) is 9.84 Å². The van der Waals surface area contributed by atoms with E-state index in [-0.39, 0.29) is 41.3 Å². The number of pyridine rings is 1. The van der Waals surface area contributed by atoms with Gasteiger partial charge in [0, 0.05) is 12.7 Å². The number of imidazole rings is 1. The Labute approximate surface area is 197 Å². The van der Waals surface area contributed by atoms with Gasteiger partial charge in [-0.15, -0.1) is 0 Å². The molecule has 12 heteroatoms. The van der Waals surface area contributed by atoms with Gasteiger partial charge in [-0.3, -0.25) is 9.20 Å². The standard InChI is InChI=1S/C23H22F4N4O4/c1-12-8-17(35-10-14-15(24)4-3-5-16(14)25)20-28-13(2)19(31(20)9-12)21(32)29-18-6-7-30(22(33)34)11-23(18,26)27/h3-5,8-9,18H,6-7,10-11H2,1-2H3,(H,29,32)(H,33,34). The van der Waals surface area contributed by atoms with Crippen LogP contribution in [0.4, 0.5) is 22.4 Å². The Balaban J connectivity index is 1.61. The van der Waals surface area contributed by atoms with Gasteiger partial charge in [-0.05, 0) is 44.0 Å². The number of hydrogen-bond acceptors (Lipinski definition) is 4. The summed E-state index contributed by atoms with van der Waals surface area (Å²) in [5.74, 6) is -5.68. The minimum absolute atomic E-state index is 0.0120. The first kappa shape index (κ1) is 24.3. The maximum atomic E-state index is 14.5. The molecule has 186 valence electrons. The molecule has 35 heavy (non-hydrogen) atoms. The number of alkyl halides is 2. The molecule has 3 aromatic rings. The molecule has 0 bridgehead atoms. The number of aromatic nitrogens is 2. The van der Waals surface area contributed by atoms with E-state index in [1.54, 1.807) is 19.2 Å². The molecule has 2 aromatic heterocycles. The third kappa shape index (κ3) is 4.73. The summed E-state index contributed by atoms with van der Waals surface area (Å²) in [5.41, 5.74) is 0.724. The predicted molar refractivity (Wildman–Crippen MR) is 116 cm³/mol. The smallest absolute Gasteiger partial charge is 0.407 e. The second kappa shape index (κ2) is 9.08. The summed E-state index contributed by atoms with van der Waals surface area (Å²) in [7, 11) is 0. The first-order chi connectivity index (χ1) is 16.5. The first-order valence-electron chi connectivity index (χ1n) is 10.7. The number of ether oxygens (including phenoxy) is 1. The van der Waals surface area contributed by atoms with E-state index < -0.39 is 48.8 Å². The zero-order valence-corrected chi connectivity index (χ0v) is 18.8. The van der Waals surface area contributed by atoms with E-state index in [0.29, 0.717) is 10.5 Å². The van der Waals surface area contributed by atoms with Crippen LogP contribution in [0.5, 0.6) is 5.75 Å². The van der Waals surface area contributed by atoms with Crippen LogP contribution in [0.3, 0.4) is 0 Å². The van der Waals surface area contributed by atoms with Gasteiger partial charge < -0.3 is 20.1 Å². The normalized spacial score (nSPS) is 17.4. The second-order valence-corrected chi connectivity index (χ2v) is 8.39. The molecule has 0 radical (unpaired) electrons. The number of likely N-dealkylation sites (tertiary alicyclic amines) is 1. The van der Waals surface area contributed by atoms with Crippen LogP contribution in [0.15, 0.2) is 30.5 Å². The van der Waals surface area contributed by atoms with Crippen molar-refractivity contribution in [2.75, 3.05) is 13.1 Å². The number of halogens is 4. The average molecular weight is 494 g/mol. The number of hydrogen-bond donors (Lipinski definition) is 2. The molecular formula is C23H22F4N4O4. The molecule has 1 unspecified atom stereocenters. The van der Waals surface area contributed by atoms with Crippen molar-refractivity contribution in [1.82, 2.24) is 19.6 Å². The number of aryl methyl sites for hydroxylation is 2. The predicted octanol–water partition coefficient (Wildman–Crippen LogP) is 3.93. The van der Waals surface area contributed by atoms with Crippen molar-refractivity contribution in [3.63, 3.8) is 0 Å². The van der Waals surface area contributed by atoms with Crippen LogP contribution < -0.4 is 10.1 Å². The summed E-state index contributed by atoms with van der Waals surface area (Å²) < 4.78 is 64.0. The number of amides is 2. The fourth-order valence-corrected chi connectivity index (χ4v) is 4.07. The van der Waals surface area contributed by atoms with Crippen LogP contribution >= 0.6 is 0 Å². The number of benzene rings is 1. The highest BCUT2D eigenvalue weighted by Gasteiger charge is 2.47. The monoisotopic (exact) mass is 494 g/mol. The topological polar surface area (TPSA) is 96.2 Å². The number of nitrogens with zero attached hydrogens (tertiary/aromatic N) is 3. The third-order valence-electron chi connectivity index (χ3n) is 5.82. The molecule has 2 N–H and O–H groups in total. The summed E-state index contributed by atoms with van der Waals surface area (Å²) >= 11 is 0. The van der Waals surface area contributed by atoms with Crippen molar-refractivity contribution in [2.24, 2.45) is 0 Å². The third-order valence-corrected chi connectivity index (χ3v) is 5.82. The molecule has 8 nitrogen and oxygen atoms in total. The van der Waals surface area contributed by atoms with Crippen molar-refractivity contribution in [1.29, 1.82) is 0 Å². The highest BCUT2D eigenvalue weighted by Crippen LogP contribution is 2.29. The minimum atomic E-state index is -3.46. The van der Waals surface area contributed by atoms with E-state index in [2.05, 4.69) is 10.3 Å². The molecule has 0 aliphatic carbocycles. The van der Waals surface area contributed by atoms with Crippen molar-refractivity contribution in [3.05, 3.63) is 64.6 Å². The van der Waals surface area contributed by atoms with Crippen LogP contribution in [0, 0.1) is 25.5 Å². The van der Waals surface area contributed by atoms with Gasteiger partial charge in [0.2, 0.25) is 0 Å². The SMILES string of the molecule is Cc1cc(OCc2c(F)cccc2F)c2nc(C)c(C(=O)NC3CCN(C(=O)O)CC3(F)F)n2c1. The highest BCUT2D eigenvalue weighted by atomic mass is 19.3. The lowest BCUT2D eigenvalue weighted by atomic mass is 10.0. The lowest BCUT2D eigenvalue weighted by Gasteiger charge is -2.37. The molecule has 1 aliphatic rings. The Morgan fingerprint density at radius 3 is 2.57 bits per heavy atom. The molecule has 3 heterocycles. The minimum Gasteiger partial charge on any atom is -0.485 e. The van der Waals surface area contributed by atoms with Gasteiger partial charge in [0.05, 0.1) is 23.8 Å². The summed E-state index contributed by atoms with van der Waals surface area (Å²) in [6.07, 6.45) is -0.153. The van der Waals surface area contributed by atoms with Crippen LogP contribution in [-0.2, 0) is 6.61 Å². The number of carbonyl (C=O) groups excluding carboxylic acids is 1. The summed E-state index contributed by atoms with van der Waals surface area (Å²) in [5, 5.41) is 11.3. The second-order valence-electron chi connectivity index (χ2n) is 8.39. The zero-order chi connectivity index (χ0) is 25.5. The van der Waals surface area contributed by atoms with Crippen LogP contribution in [-0.4, -0.2) is 56.4 Å².